The van der Waals surface area contributed by atoms with Crippen LogP contribution in [0.5, 0.6) is 0 Å². The smallest absolute Gasteiger partial charge is 0.155 e. The molecule has 4 aliphatic carbocycles. The topological polar surface area (TPSA) is 37.3 Å². The van der Waals surface area contributed by atoms with E-state index in [1.807, 2.05) is 0 Å². The van der Waals surface area contributed by atoms with Crippen molar-refractivity contribution in [3.05, 3.63) is 24.3 Å². The molecular weight excluding hydrogens is 284 g/mol. The molecule has 0 saturated heterocycles. The molecule has 0 heterocycles. The molecule has 0 spiro atoms. The zero-order chi connectivity index (χ0) is 16.4. The lowest BCUT2D eigenvalue weighted by Gasteiger charge is -2.59. The third-order valence-electron chi connectivity index (χ3n) is 8.33. The van der Waals surface area contributed by atoms with E-state index in [9.17, 15) is 9.90 Å². The van der Waals surface area contributed by atoms with Crippen molar-refractivity contribution < 1.29 is 9.90 Å². The summed E-state index contributed by atoms with van der Waals surface area (Å²) in [5.74, 6) is 2.83. The minimum Gasteiger partial charge on any atom is -0.389 e. The lowest BCUT2D eigenvalue weighted by atomic mass is 9.46. The molecule has 3 saturated carbocycles. The molecule has 4 rings (SSSR count). The molecule has 2 nitrogen and oxygen atoms in total. The van der Waals surface area contributed by atoms with Gasteiger partial charge in [-0.05, 0) is 84.7 Å². The summed E-state index contributed by atoms with van der Waals surface area (Å²) >= 11 is 0. The minimum atomic E-state index is -0.407. The molecule has 0 bridgehead atoms. The van der Waals surface area contributed by atoms with Gasteiger partial charge < -0.3 is 5.11 Å². The molecule has 0 aromatic carbocycles. The highest BCUT2D eigenvalue weighted by Crippen LogP contribution is 2.66. The van der Waals surface area contributed by atoms with Crippen LogP contribution in [0, 0.1) is 34.5 Å². The van der Waals surface area contributed by atoms with Gasteiger partial charge >= 0.3 is 0 Å². The third kappa shape index (κ3) is 2.00. The summed E-state index contributed by atoms with van der Waals surface area (Å²) in [6, 6.07) is 0. The van der Waals surface area contributed by atoms with E-state index < -0.39 is 6.10 Å². The van der Waals surface area contributed by atoms with Gasteiger partial charge in [-0.2, -0.15) is 0 Å². The van der Waals surface area contributed by atoms with E-state index in [1.54, 1.807) is 6.08 Å². The van der Waals surface area contributed by atoms with E-state index in [4.69, 9.17) is 0 Å². The highest BCUT2D eigenvalue weighted by molar-refractivity contribution is 5.91. The van der Waals surface area contributed by atoms with Crippen molar-refractivity contribution in [2.24, 2.45) is 34.5 Å². The molecule has 6 unspecified atom stereocenters. The van der Waals surface area contributed by atoms with E-state index in [0.29, 0.717) is 29.6 Å². The minimum absolute atomic E-state index is 0.0455. The fourth-order valence-corrected chi connectivity index (χ4v) is 7.03. The Balaban J connectivity index is 1.72. The largest absolute Gasteiger partial charge is 0.389 e. The van der Waals surface area contributed by atoms with Crippen LogP contribution in [0.1, 0.15) is 58.8 Å². The summed E-state index contributed by atoms with van der Waals surface area (Å²) in [7, 11) is 0. The average Bonchev–Trinajstić information content (AvgIpc) is 2.86. The Kier molecular flexibility index (Phi) is 3.43. The predicted molar refractivity (Wildman–Crippen MR) is 91.8 cm³/mol. The molecule has 126 valence electrons. The van der Waals surface area contributed by atoms with Gasteiger partial charge in [0, 0.05) is 6.42 Å². The second-order valence-electron chi connectivity index (χ2n) is 9.08. The third-order valence-corrected chi connectivity index (χ3v) is 8.33. The van der Waals surface area contributed by atoms with Gasteiger partial charge in [0.25, 0.3) is 0 Å². The predicted octanol–water partition coefficient (Wildman–Crippen LogP) is 4.29. The molecule has 0 aromatic rings. The van der Waals surface area contributed by atoms with Crippen LogP contribution < -0.4 is 0 Å². The van der Waals surface area contributed by atoms with Crippen LogP contribution in [0.4, 0.5) is 0 Å². The lowest BCUT2D eigenvalue weighted by molar-refractivity contribution is -0.119. The van der Waals surface area contributed by atoms with Gasteiger partial charge in [0.2, 0.25) is 0 Å². The van der Waals surface area contributed by atoms with E-state index in [2.05, 4.69) is 26.5 Å². The Morgan fingerprint density at radius 2 is 2.00 bits per heavy atom. The molecular formula is C21H30O2. The fourth-order valence-electron chi connectivity index (χ4n) is 7.03. The van der Waals surface area contributed by atoms with Crippen molar-refractivity contribution in [3.63, 3.8) is 0 Å². The number of fused-ring (bicyclic) bond motifs is 5. The summed E-state index contributed by atoms with van der Waals surface area (Å²) in [4.78, 5) is 11.9. The summed E-state index contributed by atoms with van der Waals surface area (Å²) in [6.45, 7) is 8.89. The Morgan fingerprint density at radius 3 is 2.74 bits per heavy atom. The highest BCUT2D eigenvalue weighted by atomic mass is 16.3. The number of aliphatic hydroxyl groups excluding tert-OH is 1. The fraction of sp³-hybridized carbons (Fsp3) is 0.762. The van der Waals surface area contributed by atoms with Crippen LogP contribution in [0.25, 0.3) is 0 Å². The summed E-state index contributed by atoms with van der Waals surface area (Å²) in [5, 5.41) is 10.8. The van der Waals surface area contributed by atoms with E-state index >= 15 is 0 Å². The van der Waals surface area contributed by atoms with Crippen molar-refractivity contribution in [3.8, 4) is 0 Å². The van der Waals surface area contributed by atoms with Gasteiger partial charge in [0.15, 0.2) is 5.78 Å². The molecule has 3 fully saturated rings. The first-order valence-electron chi connectivity index (χ1n) is 9.45. The lowest BCUT2D eigenvalue weighted by Crippen LogP contribution is -2.53. The quantitative estimate of drug-likeness (QED) is 0.733. The maximum absolute atomic E-state index is 11.9. The van der Waals surface area contributed by atoms with Crippen molar-refractivity contribution >= 4 is 5.78 Å². The Morgan fingerprint density at radius 1 is 1.22 bits per heavy atom. The van der Waals surface area contributed by atoms with Gasteiger partial charge in [-0.25, -0.2) is 0 Å². The van der Waals surface area contributed by atoms with Gasteiger partial charge in [-0.3, -0.25) is 4.79 Å². The maximum Gasteiger partial charge on any atom is 0.155 e. The molecule has 0 amide bonds. The first-order valence-corrected chi connectivity index (χ1v) is 9.45. The summed E-state index contributed by atoms with van der Waals surface area (Å²) in [6.07, 6.45) is 11.1. The van der Waals surface area contributed by atoms with Gasteiger partial charge in [0.1, 0.15) is 0 Å². The Labute approximate surface area is 140 Å². The number of aliphatic hydroxyl groups is 1. The number of carbonyl (C=O) groups is 1. The zero-order valence-electron chi connectivity index (χ0n) is 14.6. The van der Waals surface area contributed by atoms with Crippen LogP contribution in [0.3, 0.4) is 0 Å². The second kappa shape index (κ2) is 5.05. The number of carbonyl (C=O) groups excluding carboxylic acids is 1. The van der Waals surface area contributed by atoms with Crippen molar-refractivity contribution in [2.75, 3.05) is 0 Å². The normalized spacial score (nSPS) is 52.2. The second-order valence-corrected chi connectivity index (χ2v) is 9.08. The standard InChI is InChI=1S/C21H30O2/c1-4-13-5-6-16-15-12-19(23)18-11-14(22)7-9-21(18,3)17(15)8-10-20(13,16)2/h4,11,13,15-17,19,23H,1,5-10,12H2,2-3H3/t13?,15?,16?,17?,19-,20?,21?/m1/s1. The summed E-state index contributed by atoms with van der Waals surface area (Å²) < 4.78 is 0. The molecule has 7 atom stereocenters. The number of rotatable bonds is 1. The first kappa shape index (κ1) is 15.6. The van der Waals surface area contributed by atoms with Gasteiger partial charge in [0.05, 0.1) is 6.10 Å². The van der Waals surface area contributed by atoms with Crippen LogP contribution in [-0.2, 0) is 4.79 Å². The highest BCUT2D eigenvalue weighted by Gasteiger charge is 2.59. The monoisotopic (exact) mass is 314 g/mol. The van der Waals surface area contributed by atoms with E-state index in [-0.39, 0.29) is 11.2 Å². The first-order chi connectivity index (χ1) is 10.9. The van der Waals surface area contributed by atoms with Crippen LogP contribution in [-0.4, -0.2) is 17.0 Å². The molecule has 23 heavy (non-hydrogen) atoms. The van der Waals surface area contributed by atoms with Crippen LogP contribution in [0.15, 0.2) is 24.3 Å². The molecule has 4 aliphatic rings. The SMILES string of the molecule is C=CC1CCC2C3C[C@@H](O)C4=CC(=O)CCC4(C)C3CCC12C. The molecule has 0 radical (unpaired) electrons. The number of hydrogen-bond donors (Lipinski definition) is 1. The van der Waals surface area contributed by atoms with Crippen LogP contribution in [0.2, 0.25) is 0 Å². The average molecular weight is 314 g/mol. The van der Waals surface area contributed by atoms with Crippen molar-refractivity contribution in [1.82, 2.24) is 0 Å². The number of hydrogen-bond acceptors (Lipinski definition) is 2. The van der Waals surface area contributed by atoms with Gasteiger partial charge in [-0.1, -0.05) is 19.9 Å². The molecule has 0 aliphatic heterocycles. The van der Waals surface area contributed by atoms with Crippen molar-refractivity contribution in [2.45, 2.75) is 64.9 Å². The molecule has 2 heteroatoms. The Bertz CT molecular complexity index is 576. The van der Waals surface area contributed by atoms with Crippen LogP contribution >= 0.6 is 0 Å². The van der Waals surface area contributed by atoms with Crippen molar-refractivity contribution in [1.29, 1.82) is 0 Å². The number of allylic oxidation sites excluding steroid dienone is 1. The molecule has 1 N–H and O–H groups in total. The number of ketones is 1. The Hall–Kier alpha value is -0.890. The van der Waals surface area contributed by atoms with Gasteiger partial charge in [-0.15, -0.1) is 6.58 Å². The summed E-state index contributed by atoms with van der Waals surface area (Å²) in [5.41, 5.74) is 1.48. The van der Waals surface area contributed by atoms with E-state index in [0.717, 1.165) is 24.3 Å². The van der Waals surface area contributed by atoms with E-state index in [1.165, 1.54) is 25.7 Å². The maximum atomic E-state index is 11.9. The zero-order valence-corrected chi connectivity index (χ0v) is 14.6. The molecule has 0 aromatic heterocycles.